The number of hydrogen-bond acceptors (Lipinski definition) is 3. The van der Waals surface area contributed by atoms with Crippen LogP contribution >= 0.6 is 0 Å². The van der Waals surface area contributed by atoms with Crippen LogP contribution < -0.4 is 10.1 Å². The van der Waals surface area contributed by atoms with Crippen LogP contribution in [0.5, 0.6) is 5.75 Å². The molecule has 1 aliphatic heterocycles. The predicted molar refractivity (Wildman–Crippen MR) is 86.9 cm³/mol. The van der Waals surface area contributed by atoms with Crippen molar-refractivity contribution in [1.82, 2.24) is 10.2 Å². The van der Waals surface area contributed by atoms with Gasteiger partial charge < -0.3 is 10.1 Å². The maximum Gasteiger partial charge on any atom is 0.223 e. The molecule has 1 heterocycles. The van der Waals surface area contributed by atoms with Gasteiger partial charge in [-0.1, -0.05) is 18.6 Å². The Morgan fingerprint density at radius 3 is 2.73 bits per heavy atom. The molecule has 2 aliphatic rings. The molecule has 0 radical (unpaired) electrons. The standard InChI is InChI=1S/C18H26N2O2/c1-22-16-9-5-8-15(12-16)17(20-10-2-3-11-20)13-19-18(21)14-6-4-7-14/h5,8-9,12,14,17H,2-4,6-7,10-11,13H2,1H3,(H,19,21)/t17-/m0/s1. The smallest absolute Gasteiger partial charge is 0.223 e. The van der Waals surface area contributed by atoms with Gasteiger partial charge in [0.05, 0.1) is 13.2 Å². The first kappa shape index (κ1) is 15.3. The number of methoxy groups -OCH3 is 1. The van der Waals surface area contributed by atoms with Crippen LogP contribution in [0.25, 0.3) is 0 Å². The summed E-state index contributed by atoms with van der Waals surface area (Å²) in [5.74, 6) is 1.37. The summed E-state index contributed by atoms with van der Waals surface area (Å²) in [6, 6.07) is 8.49. The summed E-state index contributed by atoms with van der Waals surface area (Å²) in [5.41, 5.74) is 1.23. The zero-order valence-corrected chi connectivity index (χ0v) is 13.4. The van der Waals surface area contributed by atoms with E-state index >= 15 is 0 Å². The molecule has 1 atom stereocenters. The van der Waals surface area contributed by atoms with Crippen LogP contribution in [-0.2, 0) is 4.79 Å². The summed E-state index contributed by atoms with van der Waals surface area (Å²) < 4.78 is 5.35. The van der Waals surface area contributed by atoms with Crippen LogP contribution in [0.1, 0.15) is 43.7 Å². The van der Waals surface area contributed by atoms with Crippen LogP contribution in [-0.4, -0.2) is 37.6 Å². The first-order valence-corrected chi connectivity index (χ1v) is 8.43. The molecule has 1 amide bonds. The minimum absolute atomic E-state index is 0.235. The van der Waals surface area contributed by atoms with Crippen molar-refractivity contribution in [3.8, 4) is 5.75 Å². The molecule has 2 fully saturated rings. The van der Waals surface area contributed by atoms with E-state index in [1.807, 2.05) is 12.1 Å². The third-order valence-corrected chi connectivity index (χ3v) is 5.01. The molecule has 4 heteroatoms. The van der Waals surface area contributed by atoms with E-state index in [-0.39, 0.29) is 17.9 Å². The summed E-state index contributed by atoms with van der Waals surface area (Å²) in [5, 5.41) is 3.18. The van der Waals surface area contributed by atoms with Gasteiger partial charge in [-0.05, 0) is 56.5 Å². The molecule has 0 spiro atoms. The average molecular weight is 302 g/mol. The molecular formula is C18H26N2O2. The highest BCUT2D eigenvalue weighted by Gasteiger charge is 2.28. The van der Waals surface area contributed by atoms with Crippen molar-refractivity contribution in [2.45, 2.75) is 38.1 Å². The minimum Gasteiger partial charge on any atom is -0.497 e. The Hall–Kier alpha value is -1.55. The molecule has 0 unspecified atom stereocenters. The molecule has 0 bridgehead atoms. The molecule has 3 rings (SSSR count). The summed E-state index contributed by atoms with van der Waals surface area (Å²) in [4.78, 5) is 14.6. The Kier molecular flexibility index (Phi) is 4.98. The number of rotatable bonds is 6. The van der Waals surface area contributed by atoms with Gasteiger partial charge in [0.15, 0.2) is 0 Å². The Labute approximate surface area is 132 Å². The van der Waals surface area contributed by atoms with E-state index in [4.69, 9.17) is 4.74 Å². The van der Waals surface area contributed by atoms with Crippen molar-refractivity contribution < 1.29 is 9.53 Å². The number of nitrogens with one attached hydrogen (secondary N) is 1. The lowest BCUT2D eigenvalue weighted by Gasteiger charge is -2.30. The van der Waals surface area contributed by atoms with E-state index in [9.17, 15) is 4.79 Å². The highest BCUT2D eigenvalue weighted by Crippen LogP contribution is 2.29. The molecule has 1 aliphatic carbocycles. The maximum atomic E-state index is 12.1. The lowest BCUT2D eigenvalue weighted by atomic mass is 9.85. The maximum absolute atomic E-state index is 12.1. The Morgan fingerprint density at radius 1 is 1.32 bits per heavy atom. The SMILES string of the molecule is COc1cccc([C@H](CNC(=O)C2CCC2)N2CCCC2)c1. The lowest BCUT2D eigenvalue weighted by molar-refractivity contribution is -0.127. The molecule has 1 saturated heterocycles. The number of benzene rings is 1. The normalized spacial score (nSPS) is 20.4. The second-order valence-electron chi connectivity index (χ2n) is 6.41. The number of hydrogen-bond donors (Lipinski definition) is 1. The molecule has 1 aromatic carbocycles. The van der Waals surface area contributed by atoms with Gasteiger partial charge in [-0.25, -0.2) is 0 Å². The highest BCUT2D eigenvalue weighted by molar-refractivity contribution is 5.79. The number of carbonyl (C=O) groups excluding carboxylic acids is 1. The summed E-state index contributed by atoms with van der Waals surface area (Å²) >= 11 is 0. The van der Waals surface area contributed by atoms with E-state index in [0.29, 0.717) is 6.54 Å². The average Bonchev–Trinajstić information content (AvgIpc) is 3.00. The number of amides is 1. The molecule has 120 valence electrons. The molecule has 1 saturated carbocycles. The first-order chi connectivity index (χ1) is 10.8. The lowest BCUT2D eigenvalue weighted by Crippen LogP contribution is -2.40. The summed E-state index contributed by atoms with van der Waals surface area (Å²) in [6.45, 7) is 2.92. The van der Waals surface area contributed by atoms with E-state index < -0.39 is 0 Å². The molecular weight excluding hydrogens is 276 g/mol. The van der Waals surface area contributed by atoms with Crippen molar-refractivity contribution in [1.29, 1.82) is 0 Å². The second-order valence-corrected chi connectivity index (χ2v) is 6.41. The van der Waals surface area contributed by atoms with E-state index in [1.165, 1.54) is 24.8 Å². The molecule has 1 aromatic rings. The van der Waals surface area contributed by atoms with Gasteiger partial charge in [-0.3, -0.25) is 9.69 Å². The van der Waals surface area contributed by atoms with Crippen molar-refractivity contribution >= 4 is 5.91 Å². The third kappa shape index (κ3) is 3.43. The van der Waals surface area contributed by atoms with Gasteiger partial charge in [-0.2, -0.15) is 0 Å². The van der Waals surface area contributed by atoms with Crippen LogP contribution in [0.2, 0.25) is 0 Å². The third-order valence-electron chi connectivity index (χ3n) is 5.01. The summed E-state index contributed by atoms with van der Waals surface area (Å²) in [6.07, 6.45) is 5.80. The van der Waals surface area contributed by atoms with Gasteiger partial charge in [0, 0.05) is 12.5 Å². The molecule has 4 nitrogen and oxygen atoms in total. The van der Waals surface area contributed by atoms with Gasteiger partial charge in [0.1, 0.15) is 5.75 Å². The van der Waals surface area contributed by atoms with Gasteiger partial charge in [0.25, 0.3) is 0 Å². The zero-order valence-electron chi connectivity index (χ0n) is 13.4. The Bertz CT molecular complexity index is 508. The Balaban J connectivity index is 1.69. The molecule has 22 heavy (non-hydrogen) atoms. The van der Waals surface area contributed by atoms with Crippen molar-refractivity contribution in [2.75, 3.05) is 26.7 Å². The fourth-order valence-electron chi connectivity index (χ4n) is 3.37. The predicted octanol–water partition coefficient (Wildman–Crippen LogP) is 2.75. The van der Waals surface area contributed by atoms with E-state index in [1.54, 1.807) is 7.11 Å². The van der Waals surface area contributed by atoms with E-state index in [0.717, 1.165) is 31.7 Å². The molecule has 1 N–H and O–H groups in total. The van der Waals surface area contributed by atoms with Gasteiger partial charge in [-0.15, -0.1) is 0 Å². The fraction of sp³-hybridized carbons (Fsp3) is 0.611. The van der Waals surface area contributed by atoms with Crippen LogP contribution in [0.15, 0.2) is 24.3 Å². The number of ether oxygens (including phenoxy) is 1. The molecule has 0 aromatic heterocycles. The van der Waals surface area contributed by atoms with Crippen LogP contribution in [0.4, 0.5) is 0 Å². The fourth-order valence-corrected chi connectivity index (χ4v) is 3.37. The number of carbonyl (C=O) groups is 1. The second kappa shape index (κ2) is 7.14. The topological polar surface area (TPSA) is 41.6 Å². The van der Waals surface area contributed by atoms with Crippen molar-refractivity contribution in [3.63, 3.8) is 0 Å². The van der Waals surface area contributed by atoms with Crippen molar-refractivity contribution in [2.24, 2.45) is 5.92 Å². The number of nitrogens with zero attached hydrogens (tertiary/aromatic N) is 1. The van der Waals surface area contributed by atoms with Crippen LogP contribution in [0, 0.1) is 5.92 Å². The Morgan fingerprint density at radius 2 is 2.09 bits per heavy atom. The van der Waals surface area contributed by atoms with Crippen molar-refractivity contribution in [3.05, 3.63) is 29.8 Å². The van der Waals surface area contributed by atoms with E-state index in [2.05, 4.69) is 22.3 Å². The monoisotopic (exact) mass is 302 g/mol. The number of likely N-dealkylation sites (tertiary alicyclic amines) is 1. The van der Waals surface area contributed by atoms with Gasteiger partial charge >= 0.3 is 0 Å². The first-order valence-electron chi connectivity index (χ1n) is 8.43. The van der Waals surface area contributed by atoms with Gasteiger partial charge in [0.2, 0.25) is 5.91 Å². The highest BCUT2D eigenvalue weighted by atomic mass is 16.5. The zero-order chi connectivity index (χ0) is 15.4. The quantitative estimate of drug-likeness (QED) is 0.878. The minimum atomic E-state index is 0.235. The largest absolute Gasteiger partial charge is 0.497 e. The summed E-state index contributed by atoms with van der Waals surface area (Å²) in [7, 11) is 1.70. The van der Waals surface area contributed by atoms with Crippen LogP contribution in [0.3, 0.4) is 0 Å².